The number of nitrogens with zero attached hydrogens (tertiary/aromatic N) is 4. The molecule has 1 saturated carbocycles. The van der Waals surface area contributed by atoms with E-state index in [9.17, 15) is 0 Å². The first-order valence-corrected chi connectivity index (χ1v) is 12.1. The van der Waals surface area contributed by atoms with Crippen molar-refractivity contribution in [3.05, 3.63) is 64.6 Å². The topological polar surface area (TPSA) is 86.5 Å². The van der Waals surface area contributed by atoms with Crippen molar-refractivity contribution in [2.75, 3.05) is 13.9 Å². The number of fused-ring (bicyclic) bond motifs is 2. The largest absolute Gasteiger partial charge is 0.497 e. The Balaban J connectivity index is 1.30. The van der Waals surface area contributed by atoms with Crippen LogP contribution in [0.5, 0.6) is 17.2 Å². The molecule has 1 N–H and O–H groups in total. The van der Waals surface area contributed by atoms with E-state index in [0.29, 0.717) is 5.49 Å². The Labute approximate surface area is 202 Å². The highest BCUT2D eigenvalue weighted by atomic mass is 79.9. The summed E-state index contributed by atoms with van der Waals surface area (Å²) in [5, 5.41) is 0. The minimum Gasteiger partial charge on any atom is -0.497 e. The standard InChI is InChI=1S/C23H20BrN5O3S/c1-30-15-4-2-14(3-5-15)23(6-7-23)10-29-12-27-21(20-22(29)26-11-25-20)28-33-19-9-18-17(8-16(19)24)31-13-32-18/h2-5,8-9,11-12H,6-7,10,13H2,1H3,(H,25,26). The van der Waals surface area contributed by atoms with Crippen LogP contribution in [0.15, 0.2) is 62.8 Å². The minimum atomic E-state index is 0.106. The highest BCUT2D eigenvalue weighted by Crippen LogP contribution is 2.50. The number of halogens is 1. The van der Waals surface area contributed by atoms with Crippen molar-refractivity contribution in [3.63, 3.8) is 0 Å². The summed E-state index contributed by atoms with van der Waals surface area (Å²) in [7, 11) is 1.69. The van der Waals surface area contributed by atoms with E-state index in [2.05, 4.69) is 52.0 Å². The van der Waals surface area contributed by atoms with Crippen molar-refractivity contribution in [3.8, 4) is 17.2 Å². The molecule has 0 unspecified atom stereocenters. The van der Waals surface area contributed by atoms with Gasteiger partial charge in [0.2, 0.25) is 6.79 Å². The van der Waals surface area contributed by atoms with E-state index in [4.69, 9.17) is 14.2 Å². The average molecular weight is 526 g/mol. The van der Waals surface area contributed by atoms with Gasteiger partial charge in [0.1, 0.15) is 11.3 Å². The molecular weight excluding hydrogens is 506 g/mol. The van der Waals surface area contributed by atoms with Crippen molar-refractivity contribution >= 4 is 39.0 Å². The fraction of sp³-hybridized carbons (Fsp3) is 0.261. The second-order valence-corrected chi connectivity index (χ2v) is 9.78. The molecule has 2 aliphatic rings. The van der Waals surface area contributed by atoms with Crippen LogP contribution in [0.1, 0.15) is 18.4 Å². The van der Waals surface area contributed by atoms with Gasteiger partial charge in [-0.15, -0.1) is 0 Å². The summed E-state index contributed by atoms with van der Waals surface area (Å²) in [5.41, 5.74) is 3.68. The molecular formula is C23H20BrN5O3S. The number of hydrogen-bond acceptors (Lipinski definition) is 7. The molecule has 2 aromatic carbocycles. The maximum atomic E-state index is 5.48. The van der Waals surface area contributed by atoms with Crippen LogP contribution < -0.4 is 19.7 Å². The molecule has 0 bridgehead atoms. The summed E-state index contributed by atoms with van der Waals surface area (Å²) in [4.78, 5) is 13.3. The molecule has 2 aromatic heterocycles. The minimum absolute atomic E-state index is 0.106. The lowest BCUT2D eigenvalue weighted by Crippen LogP contribution is -2.20. The van der Waals surface area contributed by atoms with Crippen LogP contribution in [0.25, 0.3) is 11.2 Å². The predicted octanol–water partition coefficient (Wildman–Crippen LogP) is 4.60. The van der Waals surface area contributed by atoms with Gasteiger partial charge in [-0.1, -0.05) is 12.1 Å². The number of rotatable bonds is 6. The molecule has 0 spiro atoms. The fourth-order valence-corrected chi connectivity index (χ4v) is 5.29. The Hall–Kier alpha value is -2.98. The third-order valence-corrected chi connectivity index (χ3v) is 7.84. The molecule has 0 amide bonds. The van der Waals surface area contributed by atoms with Gasteiger partial charge >= 0.3 is 0 Å². The average Bonchev–Trinajstić information content (AvgIpc) is 3.22. The van der Waals surface area contributed by atoms with Crippen LogP contribution >= 0.6 is 27.9 Å². The molecule has 33 heavy (non-hydrogen) atoms. The third-order valence-electron chi connectivity index (χ3n) is 6.12. The molecule has 168 valence electrons. The van der Waals surface area contributed by atoms with E-state index in [0.717, 1.165) is 57.2 Å². The molecule has 0 atom stereocenters. The van der Waals surface area contributed by atoms with E-state index in [-0.39, 0.29) is 12.2 Å². The van der Waals surface area contributed by atoms with Crippen LogP contribution in [0.3, 0.4) is 0 Å². The number of benzene rings is 2. The van der Waals surface area contributed by atoms with E-state index < -0.39 is 0 Å². The zero-order valence-electron chi connectivity index (χ0n) is 17.7. The fourth-order valence-electron chi connectivity index (χ4n) is 4.12. The Morgan fingerprint density at radius 1 is 1.18 bits per heavy atom. The zero-order chi connectivity index (χ0) is 22.4. The molecule has 0 radical (unpaired) electrons. The van der Waals surface area contributed by atoms with E-state index in [1.165, 1.54) is 17.5 Å². The monoisotopic (exact) mass is 525 g/mol. The van der Waals surface area contributed by atoms with E-state index in [1.807, 2.05) is 30.6 Å². The first-order chi connectivity index (χ1) is 16.1. The van der Waals surface area contributed by atoms with Crippen LogP contribution in [0, 0.1) is 0 Å². The summed E-state index contributed by atoms with van der Waals surface area (Å²) >= 11 is 4.91. The maximum Gasteiger partial charge on any atom is 0.231 e. The smallest absolute Gasteiger partial charge is 0.231 e. The second kappa shape index (κ2) is 8.11. The summed E-state index contributed by atoms with van der Waals surface area (Å²) in [6.45, 7) is 1.05. The number of hydrogen-bond donors (Lipinski definition) is 1. The van der Waals surface area contributed by atoms with Crippen LogP contribution in [0.4, 0.5) is 0 Å². The van der Waals surface area contributed by atoms with Gasteiger partial charge < -0.3 is 23.8 Å². The maximum absolute atomic E-state index is 5.48. The molecule has 1 fully saturated rings. The summed E-state index contributed by atoms with van der Waals surface area (Å²) < 4.78 is 23.9. The number of ether oxygens (including phenoxy) is 3. The molecule has 10 heteroatoms. The van der Waals surface area contributed by atoms with Gasteiger partial charge in [0.15, 0.2) is 22.6 Å². The summed E-state index contributed by atoms with van der Waals surface area (Å²) in [5.74, 6) is 2.32. The number of imidazole rings is 1. The summed E-state index contributed by atoms with van der Waals surface area (Å²) in [6.07, 6.45) is 5.80. The lowest BCUT2D eigenvalue weighted by atomic mass is 9.95. The van der Waals surface area contributed by atoms with Crippen molar-refractivity contribution in [1.82, 2.24) is 19.5 Å². The normalized spacial score (nSPS) is 16.4. The lowest BCUT2D eigenvalue weighted by molar-refractivity contribution is 0.174. The SMILES string of the molecule is COc1ccc(C2(Cn3cnc(=NSc4cc5c(cc4Br)OCO5)c4[nH]cnc43)CC2)cc1. The van der Waals surface area contributed by atoms with Crippen LogP contribution in [-0.4, -0.2) is 33.4 Å². The van der Waals surface area contributed by atoms with Crippen molar-refractivity contribution in [1.29, 1.82) is 0 Å². The van der Waals surface area contributed by atoms with Gasteiger partial charge in [0, 0.05) is 39.3 Å². The predicted molar refractivity (Wildman–Crippen MR) is 127 cm³/mol. The van der Waals surface area contributed by atoms with Crippen molar-refractivity contribution < 1.29 is 14.2 Å². The molecule has 0 saturated heterocycles. The van der Waals surface area contributed by atoms with Gasteiger partial charge in [-0.25, -0.2) is 9.97 Å². The first-order valence-electron chi connectivity index (χ1n) is 10.5. The summed E-state index contributed by atoms with van der Waals surface area (Å²) in [6, 6.07) is 12.2. The van der Waals surface area contributed by atoms with Gasteiger partial charge in [-0.2, -0.15) is 4.40 Å². The Morgan fingerprint density at radius 3 is 2.73 bits per heavy atom. The van der Waals surface area contributed by atoms with Gasteiger partial charge in [-0.05, 0) is 52.5 Å². The molecule has 1 aliphatic carbocycles. The molecule has 1 aliphatic heterocycles. The van der Waals surface area contributed by atoms with Gasteiger partial charge in [0.05, 0.1) is 19.8 Å². The Morgan fingerprint density at radius 2 is 1.97 bits per heavy atom. The number of aromatic nitrogens is 4. The quantitative estimate of drug-likeness (QED) is 0.370. The zero-order valence-corrected chi connectivity index (χ0v) is 20.1. The Bertz CT molecular complexity index is 1410. The van der Waals surface area contributed by atoms with Gasteiger partial charge in [0.25, 0.3) is 0 Å². The van der Waals surface area contributed by atoms with Crippen molar-refractivity contribution in [2.45, 2.75) is 29.7 Å². The van der Waals surface area contributed by atoms with Crippen LogP contribution in [0.2, 0.25) is 0 Å². The lowest BCUT2D eigenvalue weighted by Gasteiger charge is -2.18. The number of H-pyrrole nitrogens is 1. The third kappa shape index (κ3) is 3.76. The van der Waals surface area contributed by atoms with E-state index in [1.54, 1.807) is 13.4 Å². The number of nitrogens with one attached hydrogen (secondary N) is 1. The highest BCUT2D eigenvalue weighted by molar-refractivity contribution is 9.10. The highest BCUT2D eigenvalue weighted by Gasteiger charge is 2.44. The Kier molecular flexibility index (Phi) is 5.06. The van der Waals surface area contributed by atoms with Crippen LogP contribution in [-0.2, 0) is 12.0 Å². The molecule has 6 rings (SSSR count). The van der Waals surface area contributed by atoms with Crippen molar-refractivity contribution in [2.24, 2.45) is 4.40 Å². The van der Waals surface area contributed by atoms with Gasteiger partial charge in [-0.3, -0.25) is 0 Å². The molecule has 3 heterocycles. The number of methoxy groups -OCH3 is 1. The second-order valence-electron chi connectivity index (χ2n) is 8.12. The number of aromatic amines is 1. The van der Waals surface area contributed by atoms with E-state index >= 15 is 0 Å². The molecule has 4 aromatic rings. The molecule has 8 nitrogen and oxygen atoms in total. The first kappa shape index (κ1) is 20.6.